The zero-order chi connectivity index (χ0) is 12.8. The van der Waals surface area contributed by atoms with Crippen molar-refractivity contribution in [1.82, 2.24) is 4.98 Å². The molecule has 0 saturated heterocycles. The van der Waals surface area contributed by atoms with E-state index < -0.39 is 18.7 Å². The number of nitrogens with zero attached hydrogens (tertiary/aromatic N) is 1. The van der Waals surface area contributed by atoms with Gasteiger partial charge in [-0.05, 0) is 18.3 Å². The number of aliphatic hydroxyl groups is 1. The standard InChI is InChI=1S/C11H14F3NOS/c1-10(2)3-6-9(7(16)4-10)17-8(15-6)5-11(12,13)14/h7,16H,3-5H2,1-2H3. The van der Waals surface area contributed by atoms with E-state index in [9.17, 15) is 18.3 Å². The van der Waals surface area contributed by atoms with E-state index in [1.54, 1.807) is 0 Å². The Morgan fingerprint density at radius 3 is 2.71 bits per heavy atom. The smallest absolute Gasteiger partial charge is 0.387 e. The van der Waals surface area contributed by atoms with Crippen LogP contribution in [0.15, 0.2) is 0 Å². The van der Waals surface area contributed by atoms with Crippen LogP contribution in [-0.2, 0) is 12.8 Å². The molecule has 0 radical (unpaired) electrons. The Morgan fingerprint density at radius 1 is 1.47 bits per heavy atom. The van der Waals surface area contributed by atoms with Crippen LogP contribution in [0.3, 0.4) is 0 Å². The van der Waals surface area contributed by atoms with E-state index in [-0.39, 0.29) is 10.4 Å². The van der Waals surface area contributed by atoms with Crippen molar-refractivity contribution in [1.29, 1.82) is 0 Å². The first-order valence-electron chi connectivity index (χ1n) is 5.40. The number of rotatable bonds is 1. The molecule has 1 aliphatic rings. The second kappa shape index (κ2) is 3.95. The average molecular weight is 265 g/mol. The Bertz CT molecular complexity index is 425. The van der Waals surface area contributed by atoms with E-state index >= 15 is 0 Å². The van der Waals surface area contributed by atoms with E-state index in [4.69, 9.17) is 0 Å². The summed E-state index contributed by atoms with van der Waals surface area (Å²) >= 11 is 0.990. The summed E-state index contributed by atoms with van der Waals surface area (Å²) in [6.07, 6.45) is -4.70. The number of aliphatic hydroxyl groups excluding tert-OH is 1. The molecule has 6 heteroatoms. The molecule has 2 nitrogen and oxygen atoms in total. The second-order valence-electron chi connectivity index (χ2n) is 5.27. The number of hydrogen-bond donors (Lipinski definition) is 1. The van der Waals surface area contributed by atoms with Gasteiger partial charge in [-0.25, -0.2) is 4.98 Å². The molecule has 0 aliphatic heterocycles. The number of hydrogen-bond acceptors (Lipinski definition) is 3. The van der Waals surface area contributed by atoms with Crippen LogP contribution in [0.5, 0.6) is 0 Å². The lowest BCUT2D eigenvalue weighted by atomic mass is 9.77. The maximum Gasteiger partial charge on any atom is 0.395 e. The van der Waals surface area contributed by atoms with Crippen molar-refractivity contribution in [3.8, 4) is 0 Å². The predicted molar refractivity (Wildman–Crippen MR) is 58.9 cm³/mol. The van der Waals surface area contributed by atoms with Crippen molar-refractivity contribution in [2.45, 2.75) is 45.4 Å². The largest absolute Gasteiger partial charge is 0.395 e. The topological polar surface area (TPSA) is 33.1 Å². The maximum absolute atomic E-state index is 12.3. The van der Waals surface area contributed by atoms with Crippen molar-refractivity contribution in [2.75, 3.05) is 0 Å². The fourth-order valence-corrected chi connectivity index (χ4v) is 3.29. The van der Waals surface area contributed by atoms with Crippen LogP contribution < -0.4 is 0 Å². The molecule has 1 aromatic heterocycles. The second-order valence-corrected chi connectivity index (χ2v) is 6.39. The summed E-state index contributed by atoms with van der Waals surface area (Å²) in [6, 6.07) is 0. The number of fused-ring (bicyclic) bond motifs is 1. The molecule has 0 fully saturated rings. The third-order valence-electron chi connectivity index (χ3n) is 2.82. The SMILES string of the molecule is CC1(C)Cc2nc(CC(F)(F)F)sc2C(O)C1. The summed E-state index contributed by atoms with van der Waals surface area (Å²) in [4.78, 5) is 4.64. The zero-order valence-corrected chi connectivity index (χ0v) is 10.5. The Kier molecular flexibility index (Phi) is 2.98. The van der Waals surface area contributed by atoms with Gasteiger partial charge in [-0.1, -0.05) is 13.8 Å². The van der Waals surface area contributed by atoms with Crippen LogP contribution in [0.4, 0.5) is 13.2 Å². The van der Waals surface area contributed by atoms with Gasteiger partial charge in [0.05, 0.1) is 23.1 Å². The first-order chi connectivity index (χ1) is 7.66. The van der Waals surface area contributed by atoms with Gasteiger partial charge in [-0.15, -0.1) is 11.3 Å². The van der Waals surface area contributed by atoms with E-state index in [1.807, 2.05) is 13.8 Å². The van der Waals surface area contributed by atoms with Crippen LogP contribution in [0.25, 0.3) is 0 Å². The molecular formula is C11H14F3NOS. The predicted octanol–water partition coefficient (Wildman–Crippen LogP) is 3.25. The fraction of sp³-hybridized carbons (Fsp3) is 0.727. The van der Waals surface area contributed by atoms with Gasteiger partial charge in [0.1, 0.15) is 5.01 Å². The molecular weight excluding hydrogens is 251 g/mol. The van der Waals surface area contributed by atoms with E-state index in [2.05, 4.69) is 4.98 Å². The van der Waals surface area contributed by atoms with E-state index in [1.165, 1.54) is 0 Å². The van der Waals surface area contributed by atoms with Crippen molar-refractivity contribution in [3.63, 3.8) is 0 Å². The quantitative estimate of drug-likeness (QED) is 0.845. The molecule has 1 heterocycles. The molecule has 1 N–H and O–H groups in total. The number of halogens is 3. The number of aromatic nitrogens is 1. The molecule has 1 unspecified atom stereocenters. The van der Waals surface area contributed by atoms with Gasteiger partial charge in [-0.2, -0.15) is 13.2 Å². The van der Waals surface area contributed by atoms with Crippen molar-refractivity contribution in [3.05, 3.63) is 15.6 Å². The molecule has 0 aromatic carbocycles. The molecule has 2 rings (SSSR count). The zero-order valence-electron chi connectivity index (χ0n) is 9.64. The normalized spacial score (nSPS) is 23.5. The third-order valence-corrected chi connectivity index (χ3v) is 4.02. The number of thiazole rings is 1. The van der Waals surface area contributed by atoms with Crippen molar-refractivity contribution >= 4 is 11.3 Å². The molecule has 17 heavy (non-hydrogen) atoms. The van der Waals surface area contributed by atoms with Gasteiger partial charge in [-0.3, -0.25) is 0 Å². The highest BCUT2D eigenvalue weighted by Crippen LogP contribution is 2.43. The Morgan fingerprint density at radius 2 is 2.12 bits per heavy atom. The molecule has 0 spiro atoms. The summed E-state index contributed by atoms with van der Waals surface area (Å²) in [5.74, 6) is 0. The highest BCUT2D eigenvalue weighted by molar-refractivity contribution is 7.11. The van der Waals surface area contributed by atoms with Gasteiger partial charge in [0.2, 0.25) is 0 Å². The Labute approximate surface area is 101 Å². The van der Waals surface area contributed by atoms with Crippen LogP contribution >= 0.6 is 11.3 Å². The molecule has 0 amide bonds. The summed E-state index contributed by atoms with van der Waals surface area (Å²) < 4.78 is 36.8. The molecule has 0 saturated carbocycles. The minimum Gasteiger partial charge on any atom is -0.387 e. The lowest BCUT2D eigenvalue weighted by Gasteiger charge is -2.31. The van der Waals surface area contributed by atoms with Gasteiger partial charge in [0.25, 0.3) is 0 Å². The van der Waals surface area contributed by atoms with Crippen molar-refractivity contribution in [2.24, 2.45) is 5.41 Å². The monoisotopic (exact) mass is 265 g/mol. The van der Waals surface area contributed by atoms with Gasteiger partial charge < -0.3 is 5.11 Å². The highest BCUT2D eigenvalue weighted by Gasteiger charge is 2.36. The van der Waals surface area contributed by atoms with E-state index in [0.29, 0.717) is 23.4 Å². The first-order valence-corrected chi connectivity index (χ1v) is 6.21. The fourth-order valence-electron chi connectivity index (χ4n) is 2.19. The van der Waals surface area contributed by atoms with Gasteiger partial charge in [0.15, 0.2) is 0 Å². The van der Waals surface area contributed by atoms with Crippen molar-refractivity contribution < 1.29 is 18.3 Å². The molecule has 1 aromatic rings. The van der Waals surface area contributed by atoms with E-state index in [0.717, 1.165) is 11.3 Å². The lowest BCUT2D eigenvalue weighted by Crippen LogP contribution is -2.24. The Hall–Kier alpha value is -0.620. The van der Waals surface area contributed by atoms with Crippen LogP contribution in [-0.4, -0.2) is 16.3 Å². The summed E-state index contributed by atoms with van der Waals surface area (Å²) in [6.45, 7) is 3.98. The first kappa shape index (κ1) is 12.8. The summed E-state index contributed by atoms with van der Waals surface area (Å²) in [5.41, 5.74) is 0.536. The number of alkyl halides is 3. The van der Waals surface area contributed by atoms with Crippen LogP contribution in [0.1, 0.15) is 42.0 Å². The molecule has 96 valence electrons. The third kappa shape index (κ3) is 2.98. The highest BCUT2D eigenvalue weighted by atomic mass is 32.1. The average Bonchev–Trinajstić information content (AvgIpc) is 2.41. The van der Waals surface area contributed by atoms with Gasteiger partial charge in [0, 0.05) is 0 Å². The molecule has 1 aliphatic carbocycles. The lowest BCUT2D eigenvalue weighted by molar-refractivity contribution is -0.127. The molecule has 1 atom stereocenters. The minimum atomic E-state index is -4.24. The van der Waals surface area contributed by atoms with Gasteiger partial charge >= 0.3 is 6.18 Å². The summed E-state index contributed by atoms with van der Waals surface area (Å²) in [7, 11) is 0. The maximum atomic E-state index is 12.3. The minimum absolute atomic E-state index is 0.0549. The molecule has 0 bridgehead atoms. The van der Waals surface area contributed by atoms with Crippen LogP contribution in [0, 0.1) is 5.41 Å². The Balaban J connectivity index is 2.27. The summed E-state index contributed by atoms with van der Waals surface area (Å²) in [5, 5.41) is 9.95. The van der Waals surface area contributed by atoms with Crippen LogP contribution in [0.2, 0.25) is 0 Å².